The van der Waals surface area contributed by atoms with E-state index in [1.807, 2.05) is 11.9 Å². The third-order valence-corrected chi connectivity index (χ3v) is 6.13. The number of halogens is 1. The molecule has 0 aromatic rings. The number of nitrogens with one attached hydrogen (secondary N) is 1. The van der Waals surface area contributed by atoms with Gasteiger partial charge in [-0.3, -0.25) is 4.79 Å². The highest BCUT2D eigenvalue weighted by Gasteiger charge is 2.55. The lowest BCUT2D eigenvalue weighted by Gasteiger charge is -2.58. The van der Waals surface area contributed by atoms with Crippen LogP contribution in [0.1, 0.15) is 52.9 Å². The van der Waals surface area contributed by atoms with Gasteiger partial charge in [0.1, 0.15) is 0 Å². The summed E-state index contributed by atoms with van der Waals surface area (Å²) in [5, 5.41) is 3.43. The van der Waals surface area contributed by atoms with Gasteiger partial charge in [-0.25, -0.2) is 0 Å². The lowest BCUT2D eigenvalue weighted by atomic mass is 9.58. The lowest BCUT2D eigenvalue weighted by Crippen LogP contribution is -2.65. The molecule has 1 amide bonds. The van der Waals surface area contributed by atoms with Gasteiger partial charge in [-0.1, -0.05) is 13.8 Å². The number of hydrogen-bond donors (Lipinski definition) is 1. The third-order valence-electron chi connectivity index (χ3n) is 6.13. The van der Waals surface area contributed by atoms with E-state index in [1.165, 1.54) is 0 Å². The molecule has 2 fully saturated rings. The Morgan fingerprint density at radius 1 is 1.32 bits per heavy atom. The molecule has 4 nitrogen and oxygen atoms in total. The number of piperidine rings is 1. The molecule has 2 rings (SSSR count). The largest absolute Gasteiger partial charge is 0.381 e. The zero-order valence-electron chi connectivity index (χ0n) is 14.7. The first-order valence-electron chi connectivity index (χ1n) is 8.53. The highest BCUT2D eigenvalue weighted by atomic mass is 35.5. The maximum absolute atomic E-state index is 12.8. The Labute approximate surface area is 141 Å². The van der Waals surface area contributed by atoms with Gasteiger partial charge in [-0.15, -0.1) is 12.4 Å². The van der Waals surface area contributed by atoms with Gasteiger partial charge in [0, 0.05) is 37.6 Å². The number of carbonyl (C=O) groups is 1. The van der Waals surface area contributed by atoms with Gasteiger partial charge >= 0.3 is 0 Å². The maximum Gasteiger partial charge on any atom is 0.225 e. The number of amides is 1. The molecular formula is C17H33ClN2O2. The summed E-state index contributed by atoms with van der Waals surface area (Å²) < 4.78 is 5.66. The molecule has 0 aromatic carbocycles. The highest BCUT2D eigenvalue weighted by Crippen LogP contribution is 2.51. The van der Waals surface area contributed by atoms with Crippen molar-refractivity contribution < 1.29 is 9.53 Å². The summed E-state index contributed by atoms with van der Waals surface area (Å²) in [6.07, 6.45) is 5.38. The average molecular weight is 333 g/mol. The molecule has 1 saturated heterocycles. The van der Waals surface area contributed by atoms with Crippen molar-refractivity contribution in [3.05, 3.63) is 0 Å². The van der Waals surface area contributed by atoms with Gasteiger partial charge in [0.05, 0.1) is 6.10 Å². The zero-order valence-corrected chi connectivity index (χ0v) is 15.5. The van der Waals surface area contributed by atoms with Crippen LogP contribution in [0.2, 0.25) is 0 Å². The number of hydrogen-bond acceptors (Lipinski definition) is 3. The molecule has 0 bridgehead atoms. The molecule has 1 N–H and O–H groups in total. The Morgan fingerprint density at radius 3 is 2.45 bits per heavy atom. The van der Waals surface area contributed by atoms with Crippen LogP contribution in [0, 0.1) is 11.3 Å². The summed E-state index contributed by atoms with van der Waals surface area (Å²) in [5.41, 5.74) is 0.150. The summed E-state index contributed by atoms with van der Waals surface area (Å²) in [7, 11) is 3.81. The van der Waals surface area contributed by atoms with Crippen molar-refractivity contribution in [2.75, 3.05) is 20.7 Å². The molecule has 0 radical (unpaired) electrons. The van der Waals surface area contributed by atoms with Crippen LogP contribution in [-0.2, 0) is 9.53 Å². The monoisotopic (exact) mass is 332 g/mol. The summed E-state index contributed by atoms with van der Waals surface area (Å²) in [4.78, 5) is 14.9. The van der Waals surface area contributed by atoms with Crippen molar-refractivity contribution in [3.8, 4) is 0 Å². The second-order valence-corrected chi connectivity index (χ2v) is 6.94. The van der Waals surface area contributed by atoms with Crippen molar-refractivity contribution in [2.45, 2.75) is 71.1 Å². The molecule has 2 unspecified atom stereocenters. The first kappa shape index (κ1) is 19.7. The van der Waals surface area contributed by atoms with E-state index in [4.69, 9.17) is 4.74 Å². The molecule has 1 saturated carbocycles. The quantitative estimate of drug-likeness (QED) is 0.841. The Hall–Kier alpha value is -0.320. The Morgan fingerprint density at radius 2 is 1.95 bits per heavy atom. The minimum Gasteiger partial charge on any atom is -0.381 e. The number of carbonyl (C=O) groups excluding carboxylic acids is 1. The smallest absolute Gasteiger partial charge is 0.225 e. The molecule has 130 valence electrons. The molecule has 1 heterocycles. The molecule has 0 spiro atoms. The van der Waals surface area contributed by atoms with E-state index in [0.29, 0.717) is 24.1 Å². The van der Waals surface area contributed by atoms with Crippen LogP contribution < -0.4 is 5.32 Å². The lowest BCUT2D eigenvalue weighted by molar-refractivity contribution is -0.173. The second-order valence-electron chi connectivity index (χ2n) is 6.94. The summed E-state index contributed by atoms with van der Waals surface area (Å²) in [5.74, 6) is 0.536. The van der Waals surface area contributed by atoms with Gasteiger partial charge in [-0.2, -0.15) is 0 Å². The third kappa shape index (κ3) is 3.29. The minimum absolute atomic E-state index is 0. The van der Waals surface area contributed by atoms with E-state index in [-0.39, 0.29) is 23.7 Å². The minimum atomic E-state index is 0. The average Bonchev–Trinajstić information content (AvgIpc) is 2.47. The van der Waals surface area contributed by atoms with Crippen LogP contribution in [0.15, 0.2) is 0 Å². The SMILES string of the molecule is CCC1(CC)C(OC)CC1N(C)C(=O)[C@H]1CCN[C@@H](C)C1.Cl. The Bertz CT molecular complexity index is 374. The first-order valence-corrected chi connectivity index (χ1v) is 8.53. The van der Waals surface area contributed by atoms with Gasteiger partial charge in [0.15, 0.2) is 0 Å². The fourth-order valence-electron chi connectivity index (χ4n) is 4.58. The van der Waals surface area contributed by atoms with Crippen LogP contribution in [0.5, 0.6) is 0 Å². The van der Waals surface area contributed by atoms with Crippen LogP contribution >= 0.6 is 12.4 Å². The van der Waals surface area contributed by atoms with E-state index in [1.54, 1.807) is 7.11 Å². The number of rotatable bonds is 5. The molecule has 22 heavy (non-hydrogen) atoms. The first-order chi connectivity index (χ1) is 10.00. The van der Waals surface area contributed by atoms with Crippen molar-refractivity contribution in [3.63, 3.8) is 0 Å². The number of ether oxygens (including phenoxy) is 1. The predicted molar refractivity (Wildman–Crippen MR) is 92.4 cm³/mol. The van der Waals surface area contributed by atoms with E-state index in [2.05, 4.69) is 26.1 Å². The van der Waals surface area contributed by atoms with Crippen molar-refractivity contribution in [1.82, 2.24) is 10.2 Å². The summed E-state index contributed by atoms with van der Waals surface area (Å²) >= 11 is 0. The predicted octanol–water partition coefficient (Wildman–Crippen LogP) is 2.85. The second kappa shape index (κ2) is 7.98. The fourth-order valence-corrected chi connectivity index (χ4v) is 4.58. The standard InChI is InChI=1S/C17H32N2O2.ClH/c1-6-17(7-2)14(11-15(17)21-5)19(4)16(20)13-8-9-18-12(3)10-13;/h12-15,18H,6-11H2,1-5H3;1H/t12-,13-,14?,15?;/m0./s1. The van der Waals surface area contributed by atoms with Crippen LogP contribution in [0.25, 0.3) is 0 Å². The van der Waals surface area contributed by atoms with Gasteiger partial charge in [-0.05, 0) is 45.6 Å². The summed E-state index contributed by atoms with van der Waals surface area (Å²) in [6.45, 7) is 7.59. The van der Waals surface area contributed by atoms with Crippen LogP contribution in [-0.4, -0.2) is 49.7 Å². The Kier molecular flexibility index (Phi) is 7.16. The molecule has 5 heteroatoms. The van der Waals surface area contributed by atoms with Gasteiger partial charge in [0.25, 0.3) is 0 Å². The van der Waals surface area contributed by atoms with Gasteiger partial charge < -0.3 is 15.0 Å². The molecule has 0 aromatic heterocycles. The molecule has 4 atom stereocenters. The van der Waals surface area contributed by atoms with Crippen molar-refractivity contribution in [1.29, 1.82) is 0 Å². The Balaban J connectivity index is 0.00000242. The number of methoxy groups -OCH3 is 1. The molecule has 2 aliphatic rings. The van der Waals surface area contributed by atoms with E-state index in [0.717, 1.165) is 38.6 Å². The fraction of sp³-hybridized carbons (Fsp3) is 0.941. The molecule has 1 aliphatic heterocycles. The molecular weight excluding hydrogens is 300 g/mol. The molecule has 1 aliphatic carbocycles. The van der Waals surface area contributed by atoms with E-state index in [9.17, 15) is 4.79 Å². The number of nitrogens with zero attached hydrogens (tertiary/aromatic N) is 1. The van der Waals surface area contributed by atoms with Crippen molar-refractivity contribution in [2.24, 2.45) is 11.3 Å². The zero-order chi connectivity index (χ0) is 15.6. The van der Waals surface area contributed by atoms with Gasteiger partial charge in [0.2, 0.25) is 5.91 Å². The van der Waals surface area contributed by atoms with Crippen LogP contribution in [0.4, 0.5) is 0 Å². The van der Waals surface area contributed by atoms with Crippen molar-refractivity contribution >= 4 is 18.3 Å². The highest BCUT2D eigenvalue weighted by molar-refractivity contribution is 5.85. The van der Waals surface area contributed by atoms with Crippen LogP contribution in [0.3, 0.4) is 0 Å². The summed E-state index contributed by atoms with van der Waals surface area (Å²) in [6, 6.07) is 0.798. The topological polar surface area (TPSA) is 41.6 Å². The normalized spacial score (nSPS) is 33.5. The maximum atomic E-state index is 12.8. The van der Waals surface area contributed by atoms with E-state index >= 15 is 0 Å². The van der Waals surface area contributed by atoms with E-state index < -0.39 is 0 Å².